The molecule has 2 heterocycles. The van der Waals surface area contributed by atoms with Crippen molar-refractivity contribution in [3.8, 4) is 0 Å². The van der Waals surface area contributed by atoms with Gasteiger partial charge in [0.25, 0.3) is 0 Å². The van der Waals surface area contributed by atoms with Crippen LogP contribution in [0.4, 0.5) is 27.7 Å². The lowest BCUT2D eigenvalue weighted by Crippen LogP contribution is -2.44. The molecule has 0 radical (unpaired) electrons. The number of anilines is 4. The number of urea groups is 1. The van der Waals surface area contributed by atoms with E-state index in [-0.39, 0.29) is 17.1 Å². The Hall–Kier alpha value is -4.67. The zero-order valence-corrected chi connectivity index (χ0v) is 23.9. The summed E-state index contributed by atoms with van der Waals surface area (Å²) in [6.07, 6.45) is 6.54. The fourth-order valence-electron chi connectivity index (χ4n) is 4.28. The number of carbonyl (C=O) groups is 2. The first kappa shape index (κ1) is 29.3. The molecule has 10 nitrogen and oxygen atoms in total. The summed E-state index contributed by atoms with van der Waals surface area (Å²) >= 11 is 5.94. The molecule has 0 aliphatic carbocycles. The molecule has 0 saturated carbocycles. The number of nitrogens with zero attached hydrogens (tertiary/aromatic N) is 4. The molecule has 4 N–H and O–H groups in total. The maximum atomic E-state index is 14.0. The van der Waals surface area contributed by atoms with Gasteiger partial charge in [-0.05, 0) is 37.9 Å². The van der Waals surface area contributed by atoms with Crippen molar-refractivity contribution in [3.63, 3.8) is 0 Å². The summed E-state index contributed by atoms with van der Waals surface area (Å²) in [5, 5.41) is 16.4. The second-order valence-corrected chi connectivity index (χ2v) is 10.0. The first-order chi connectivity index (χ1) is 19.7. The Bertz CT molecular complexity index is 1470. The summed E-state index contributed by atoms with van der Waals surface area (Å²) in [5.41, 5.74) is 3.94. The highest BCUT2D eigenvalue weighted by atomic mass is 35.5. The number of allylic oxidation sites excluding steroid dienone is 1. The predicted molar refractivity (Wildman–Crippen MR) is 165 cm³/mol. The molecule has 3 aromatic rings. The van der Waals surface area contributed by atoms with Gasteiger partial charge in [0.1, 0.15) is 11.0 Å². The van der Waals surface area contributed by atoms with Gasteiger partial charge in [0, 0.05) is 55.9 Å². The van der Waals surface area contributed by atoms with E-state index in [9.17, 15) is 9.59 Å². The van der Waals surface area contributed by atoms with Crippen LogP contribution in [0, 0.1) is 5.41 Å². The minimum Gasteiger partial charge on any atom is -0.392 e. The third kappa shape index (κ3) is 7.71. The first-order valence-corrected chi connectivity index (χ1v) is 13.4. The first-order valence-electron chi connectivity index (χ1n) is 13.0. The van der Waals surface area contributed by atoms with Gasteiger partial charge in [-0.1, -0.05) is 54.1 Å². The number of carbonyl (C=O) groups excluding carboxylic acids is 2. The van der Waals surface area contributed by atoms with Gasteiger partial charge < -0.3 is 25.8 Å². The third-order valence-electron chi connectivity index (χ3n) is 6.14. The van der Waals surface area contributed by atoms with Crippen LogP contribution in [0.3, 0.4) is 0 Å². The lowest BCUT2D eigenvalue weighted by atomic mass is 10.1. The van der Waals surface area contributed by atoms with Gasteiger partial charge in [-0.25, -0.2) is 9.78 Å². The predicted octanol–water partition coefficient (Wildman–Crippen LogP) is 5.10. The lowest BCUT2D eigenvalue weighted by molar-refractivity contribution is -0.111. The fourth-order valence-corrected chi connectivity index (χ4v) is 4.38. The minimum absolute atomic E-state index is 0.191. The number of benzene rings is 2. The van der Waals surface area contributed by atoms with E-state index in [2.05, 4.69) is 20.9 Å². The van der Waals surface area contributed by atoms with Crippen LogP contribution in [0.25, 0.3) is 0 Å². The molecule has 0 unspecified atom stereocenters. The number of halogens is 1. The molecular weight excluding hydrogens is 540 g/mol. The second-order valence-electron chi connectivity index (χ2n) is 9.65. The Balaban J connectivity index is 1.70. The van der Waals surface area contributed by atoms with Crippen molar-refractivity contribution in [2.75, 3.05) is 43.2 Å². The quantitative estimate of drug-likeness (QED) is 0.188. The van der Waals surface area contributed by atoms with Gasteiger partial charge in [-0.2, -0.15) is 0 Å². The topological polar surface area (TPSA) is 117 Å². The SMILES string of the molecule is CN/C=C(/Nc1cc2c(cn1)CN(Cc1ccccc1)C(=O)N2c1cccc(NC(=O)/C=C/CN(C)C)c1)C(=N)Cl. The van der Waals surface area contributed by atoms with E-state index in [1.165, 1.54) is 6.08 Å². The highest BCUT2D eigenvalue weighted by molar-refractivity contribution is 6.69. The molecule has 0 bridgehead atoms. The summed E-state index contributed by atoms with van der Waals surface area (Å²) in [6, 6.07) is 18.5. The standard InChI is InChI=1S/C30H33ClN8O2/c1-33-18-25(29(31)32)36-27-16-26-22(17-34-27)20-38(19-21-9-5-4-6-10-21)30(41)39(26)24-12-7-11-23(15-24)35-28(40)13-8-14-37(2)3/h4-13,15-18,32-33H,14,19-20H2,1-3H3,(H,34,36)(H,35,40)/b13-8+,25-18+,32-29?. The average molecular weight is 573 g/mol. The maximum absolute atomic E-state index is 14.0. The summed E-state index contributed by atoms with van der Waals surface area (Å²) in [5.74, 6) is 0.156. The fraction of sp³-hybridized carbons (Fsp3) is 0.200. The van der Waals surface area contributed by atoms with Crippen molar-refractivity contribution in [3.05, 3.63) is 102 Å². The van der Waals surface area contributed by atoms with E-state index < -0.39 is 0 Å². The largest absolute Gasteiger partial charge is 0.392 e. The molecule has 0 saturated heterocycles. The molecule has 41 heavy (non-hydrogen) atoms. The molecule has 0 spiro atoms. The van der Waals surface area contributed by atoms with Gasteiger partial charge in [0.2, 0.25) is 5.91 Å². The Morgan fingerprint density at radius 2 is 1.90 bits per heavy atom. The normalized spacial score (nSPS) is 13.4. The van der Waals surface area contributed by atoms with Crippen LogP contribution >= 0.6 is 11.6 Å². The Kier molecular flexibility index (Phi) is 9.73. The molecule has 11 heteroatoms. The maximum Gasteiger partial charge on any atom is 0.329 e. The highest BCUT2D eigenvalue weighted by Crippen LogP contribution is 2.37. The van der Waals surface area contributed by atoms with E-state index in [1.54, 1.807) is 59.6 Å². The molecule has 2 aromatic carbocycles. The minimum atomic E-state index is -0.261. The second kappa shape index (κ2) is 13.6. The summed E-state index contributed by atoms with van der Waals surface area (Å²) < 4.78 is 0. The molecule has 3 amide bonds. The summed E-state index contributed by atoms with van der Waals surface area (Å²) in [7, 11) is 5.55. The number of aromatic nitrogens is 1. The Morgan fingerprint density at radius 3 is 2.61 bits per heavy atom. The van der Waals surface area contributed by atoms with Crippen LogP contribution in [-0.4, -0.2) is 59.6 Å². The van der Waals surface area contributed by atoms with Gasteiger partial charge in [0.05, 0.1) is 23.6 Å². The van der Waals surface area contributed by atoms with Crippen LogP contribution in [0.15, 0.2) is 90.9 Å². The van der Waals surface area contributed by atoms with E-state index in [0.29, 0.717) is 48.2 Å². The number of pyridine rings is 1. The van der Waals surface area contributed by atoms with Gasteiger partial charge in [0.15, 0.2) is 0 Å². The molecule has 4 rings (SSSR count). The molecular formula is C30H33ClN8O2. The third-order valence-corrected chi connectivity index (χ3v) is 6.35. The van der Waals surface area contributed by atoms with Gasteiger partial charge >= 0.3 is 6.03 Å². The van der Waals surface area contributed by atoms with Crippen LogP contribution in [0.5, 0.6) is 0 Å². The molecule has 0 atom stereocenters. The number of amides is 3. The molecule has 1 aromatic heterocycles. The molecule has 1 aliphatic rings. The van der Waals surface area contributed by atoms with Crippen molar-refractivity contribution >= 4 is 51.6 Å². The van der Waals surface area contributed by atoms with Crippen molar-refractivity contribution in [1.29, 1.82) is 5.41 Å². The Morgan fingerprint density at radius 1 is 1.12 bits per heavy atom. The van der Waals surface area contributed by atoms with Gasteiger partial charge in [-0.15, -0.1) is 0 Å². The molecule has 0 fully saturated rings. The van der Waals surface area contributed by atoms with Crippen molar-refractivity contribution < 1.29 is 9.59 Å². The Labute approximate surface area is 244 Å². The van der Waals surface area contributed by atoms with Crippen LogP contribution in [-0.2, 0) is 17.9 Å². The van der Waals surface area contributed by atoms with Crippen molar-refractivity contribution in [2.24, 2.45) is 0 Å². The summed E-state index contributed by atoms with van der Waals surface area (Å²) in [4.78, 5) is 36.3. The van der Waals surface area contributed by atoms with Crippen molar-refractivity contribution in [2.45, 2.75) is 13.1 Å². The van der Waals surface area contributed by atoms with Crippen molar-refractivity contribution in [1.82, 2.24) is 20.1 Å². The number of fused-ring (bicyclic) bond motifs is 1. The van der Waals surface area contributed by atoms with Gasteiger partial charge in [-0.3, -0.25) is 15.1 Å². The van der Waals surface area contributed by atoms with Crippen LogP contribution in [0.1, 0.15) is 11.1 Å². The highest BCUT2D eigenvalue weighted by Gasteiger charge is 2.32. The molecule has 1 aliphatic heterocycles. The van der Waals surface area contributed by atoms with Crippen LogP contribution in [0.2, 0.25) is 0 Å². The van der Waals surface area contributed by atoms with E-state index in [4.69, 9.17) is 17.0 Å². The molecule has 212 valence electrons. The number of likely N-dealkylation sites (N-methyl/N-ethyl adjacent to an activating group) is 1. The van der Waals surface area contributed by atoms with E-state index >= 15 is 0 Å². The number of rotatable bonds is 11. The lowest BCUT2D eigenvalue weighted by Gasteiger charge is -2.37. The number of nitrogens with one attached hydrogen (secondary N) is 4. The van der Waals surface area contributed by atoms with E-state index in [0.717, 1.165) is 11.1 Å². The summed E-state index contributed by atoms with van der Waals surface area (Å²) in [6.45, 7) is 1.42. The smallest absolute Gasteiger partial charge is 0.329 e. The number of hydrogen-bond donors (Lipinski definition) is 4. The van der Waals surface area contributed by atoms with E-state index in [1.807, 2.05) is 55.4 Å². The zero-order valence-electron chi connectivity index (χ0n) is 23.2. The van der Waals surface area contributed by atoms with Crippen LogP contribution < -0.4 is 20.9 Å². The zero-order chi connectivity index (χ0) is 29.4. The monoisotopic (exact) mass is 572 g/mol. The average Bonchev–Trinajstić information content (AvgIpc) is 2.94. The number of hydrogen-bond acceptors (Lipinski definition) is 7.